The fourth-order valence-corrected chi connectivity index (χ4v) is 2.93. The van der Waals surface area contributed by atoms with Gasteiger partial charge in [-0.05, 0) is 25.1 Å². The van der Waals surface area contributed by atoms with Crippen molar-refractivity contribution in [3.63, 3.8) is 0 Å². The number of sulfonamides is 1. The quantitative estimate of drug-likeness (QED) is 0.822. The van der Waals surface area contributed by atoms with Gasteiger partial charge < -0.3 is 5.32 Å². The first kappa shape index (κ1) is 15.1. The molecule has 0 heterocycles. The summed E-state index contributed by atoms with van der Waals surface area (Å²) in [6, 6.07) is 6.39. The van der Waals surface area contributed by atoms with Gasteiger partial charge in [-0.1, -0.05) is 22.0 Å². The third-order valence-electron chi connectivity index (χ3n) is 2.12. The van der Waals surface area contributed by atoms with Crippen LogP contribution in [0.4, 0.5) is 0 Å². The lowest BCUT2D eigenvalue weighted by molar-refractivity contribution is -0.120. The zero-order chi connectivity index (χ0) is 13.6. The average molecular weight is 335 g/mol. The summed E-state index contributed by atoms with van der Waals surface area (Å²) in [6.45, 7) is 2.43. The van der Waals surface area contributed by atoms with Crippen LogP contribution in [0.5, 0.6) is 0 Å². The van der Waals surface area contributed by atoms with Crippen molar-refractivity contribution >= 4 is 31.9 Å². The maximum absolute atomic E-state index is 11.9. The van der Waals surface area contributed by atoms with Crippen LogP contribution in [-0.2, 0) is 14.8 Å². The summed E-state index contributed by atoms with van der Waals surface area (Å²) in [4.78, 5) is 11.3. The number of carbonyl (C=O) groups excluding carboxylic acids is 1. The lowest BCUT2D eigenvalue weighted by atomic mass is 10.4. The molecular weight excluding hydrogens is 320 g/mol. The van der Waals surface area contributed by atoms with Crippen molar-refractivity contribution in [2.45, 2.75) is 18.2 Å². The van der Waals surface area contributed by atoms with E-state index in [1.165, 1.54) is 12.1 Å². The molecule has 18 heavy (non-hydrogen) atoms. The fourth-order valence-electron chi connectivity index (χ4n) is 1.30. The standard InChI is InChI=1S/C11H15BrN2O3S/c1-2-13-11(15)6-7-14-18(16,17)10-5-3-4-9(12)8-10/h3-5,8,14H,2,6-7H2,1H3,(H,13,15). The van der Waals surface area contributed by atoms with Gasteiger partial charge in [-0.25, -0.2) is 13.1 Å². The Labute approximate surface area is 115 Å². The van der Waals surface area contributed by atoms with Crippen molar-refractivity contribution in [2.75, 3.05) is 13.1 Å². The Morgan fingerprint density at radius 2 is 2.11 bits per heavy atom. The minimum atomic E-state index is -3.55. The smallest absolute Gasteiger partial charge is 0.240 e. The Bertz CT molecular complexity index is 517. The molecular formula is C11H15BrN2O3S. The Morgan fingerprint density at radius 3 is 2.72 bits per heavy atom. The monoisotopic (exact) mass is 334 g/mol. The van der Waals surface area contributed by atoms with E-state index in [4.69, 9.17) is 0 Å². The second-order valence-corrected chi connectivity index (χ2v) is 6.24. The lowest BCUT2D eigenvalue weighted by Crippen LogP contribution is -2.30. The van der Waals surface area contributed by atoms with Crippen LogP contribution < -0.4 is 10.0 Å². The van der Waals surface area contributed by atoms with Gasteiger partial charge >= 0.3 is 0 Å². The largest absolute Gasteiger partial charge is 0.356 e. The second kappa shape index (κ2) is 6.86. The van der Waals surface area contributed by atoms with Crippen molar-refractivity contribution in [1.82, 2.24) is 10.0 Å². The van der Waals surface area contributed by atoms with Crippen molar-refractivity contribution in [3.8, 4) is 0 Å². The third-order valence-corrected chi connectivity index (χ3v) is 4.08. The van der Waals surface area contributed by atoms with E-state index in [2.05, 4.69) is 26.0 Å². The lowest BCUT2D eigenvalue weighted by Gasteiger charge is -2.07. The van der Waals surface area contributed by atoms with Gasteiger partial charge in [0.15, 0.2) is 0 Å². The molecule has 0 bridgehead atoms. The summed E-state index contributed by atoms with van der Waals surface area (Å²) < 4.78 is 26.8. The maximum atomic E-state index is 11.9. The van der Waals surface area contributed by atoms with Crippen molar-refractivity contribution in [1.29, 1.82) is 0 Å². The van der Waals surface area contributed by atoms with Crippen LogP contribution in [0.3, 0.4) is 0 Å². The van der Waals surface area contributed by atoms with Crippen LogP contribution in [0.15, 0.2) is 33.6 Å². The summed E-state index contributed by atoms with van der Waals surface area (Å²) in [6.07, 6.45) is 0.126. The summed E-state index contributed by atoms with van der Waals surface area (Å²) in [7, 11) is -3.55. The first-order valence-electron chi connectivity index (χ1n) is 5.47. The number of halogens is 1. The van der Waals surface area contributed by atoms with Crippen LogP contribution in [-0.4, -0.2) is 27.4 Å². The SMILES string of the molecule is CCNC(=O)CCNS(=O)(=O)c1cccc(Br)c1. The first-order chi connectivity index (χ1) is 8.45. The number of hydrogen-bond acceptors (Lipinski definition) is 3. The minimum Gasteiger partial charge on any atom is -0.356 e. The topological polar surface area (TPSA) is 75.3 Å². The van der Waals surface area contributed by atoms with Crippen LogP contribution in [0.1, 0.15) is 13.3 Å². The molecule has 0 fully saturated rings. The Balaban J connectivity index is 2.58. The Hall–Kier alpha value is -0.920. The summed E-state index contributed by atoms with van der Waals surface area (Å²) in [5.74, 6) is -0.172. The molecule has 1 aromatic carbocycles. The molecule has 2 N–H and O–H groups in total. The van der Waals surface area contributed by atoms with E-state index >= 15 is 0 Å². The number of amides is 1. The fraction of sp³-hybridized carbons (Fsp3) is 0.364. The number of carbonyl (C=O) groups is 1. The van der Waals surface area contributed by atoms with Gasteiger partial charge in [0.1, 0.15) is 0 Å². The van der Waals surface area contributed by atoms with E-state index in [1.807, 2.05) is 6.92 Å². The zero-order valence-electron chi connectivity index (χ0n) is 9.94. The zero-order valence-corrected chi connectivity index (χ0v) is 12.3. The number of nitrogens with one attached hydrogen (secondary N) is 2. The molecule has 100 valence electrons. The second-order valence-electron chi connectivity index (χ2n) is 3.56. The summed E-state index contributed by atoms with van der Waals surface area (Å²) >= 11 is 3.21. The molecule has 0 spiro atoms. The van der Waals surface area contributed by atoms with Gasteiger partial charge in [0.2, 0.25) is 15.9 Å². The van der Waals surface area contributed by atoms with Crippen LogP contribution in [0, 0.1) is 0 Å². The highest BCUT2D eigenvalue weighted by Crippen LogP contribution is 2.15. The summed E-state index contributed by atoms with van der Waals surface area (Å²) in [5.41, 5.74) is 0. The highest BCUT2D eigenvalue weighted by atomic mass is 79.9. The Kier molecular flexibility index (Phi) is 5.77. The van der Waals surface area contributed by atoms with Gasteiger partial charge in [-0.15, -0.1) is 0 Å². The molecule has 1 amide bonds. The van der Waals surface area contributed by atoms with Crippen LogP contribution in [0.25, 0.3) is 0 Å². The minimum absolute atomic E-state index is 0.0840. The van der Waals surface area contributed by atoms with Gasteiger partial charge in [0, 0.05) is 24.0 Å². The molecule has 5 nitrogen and oxygen atoms in total. The number of hydrogen-bond donors (Lipinski definition) is 2. The molecule has 0 atom stereocenters. The van der Waals surface area contributed by atoms with E-state index in [9.17, 15) is 13.2 Å². The molecule has 0 aromatic heterocycles. The normalized spacial score (nSPS) is 11.2. The van der Waals surface area contributed by atoms with Gasteiger partial charge in [-0.2, -0.15) is 0 Å². The van der Waals surface area contributed by atoms with Crippen molar-refractivity contribution in [2.24, 2.45) is 0 Å². The van der Waals surface area contributed by atoms with Crippen LogP contribution in [0.2, 0.25) is 0 Å². The Morgan fingerprint density at radius 1 is 1.39 bits per heavy atom. The molecule has 0 aliphatic heterocycles. The molecule has 0 saturated heterocycles. The van der Waals surface area contributed by atoms with E-state index in [0.717, 1.165) is 0 Å². The number of benzene rings is 1. The predicted molar refractivity (Wildman–Crippen MR) is 72.6 cm³/mol. The van der Waals surface area contributed by atoms with E-state index in [-0.39, 0.29) is 23.8 Å². The molecule has 1 rings (SSSR count). The van der Waals surface area contributed by atoms with Crippen molar-refractivity contribution in [3.05, 3.63) is 28.7 Å². The average Bonchev–Trinajstić information content (AvgIpc) is 2.29. The molecule has 0 saturated carbocycles. The van der Waals surface area contributed by atoms with Crippen molar-refractivity contribution < 1.29 is 13.2 Å². The first-order valence-corrected chi connectivity index (χ1v) is 7.75. The van der Waals surface area contributed by atoms with E-state index in [0.29, 0.717) is 11.0 Å². The van der Waals surface area contributed by atoms with Crippen LogP contribution >= 0.6 is 15.9 Å². The van der Waals surface area contributed by atoms with E-state index < -0.39 is 10.0 Å². The van der Waals surface area contributed by atoms with Gasteiger partial charge in [0.05, 0.1) is 4.90 Å². The highest BCUT2D eigenvalue weighted by Gasteiger charge is 2.13. The molecule has 0 unspecified atom stereocenters. The molecule has 1 aromatic rings. The highest BCUT2D eigenvalue weighted by molar-refractivity contribution is 9.10. The predicted octanol–water partition coefficient (Wildman–Crippen LogP) is 1.25. The third kappa shape index (κ3) is 4.75. The van der Waals surface area contributed by atoms with E-state index in [1.54, 1.807) is 12.1 Å². The summed E-state index contributed by atoms with van der Waals surface area (Å²) in [5, 5.41) is 2.60. The molecule has 0 aliphatic rings. The molecule has 0 aliphatic carbocycles. The number of rotatable bonds is 6. The van der Waals surface area contributed by atoms with Gasteiger partial charge in [0.25, 0.3) is 0 Å². The molecule has 0 radical (unpaired) electrons. The molecule has 7 heteroatoms. The maximum Gasteiger partial charge on any atom is 0.240 e. The van der Waals surface area contributed by atoms with Gasteiger partial charge in [-0.3, -0.25) is 4.79 Å².